The topological polar surface area (TPSA) is 75.7 Å². The van der Waals surface area contributed by atoms with E-state index in [1.54, 1.807) is 55.5 Å². The molecule has 0 saturated carbocycles. The minimum absolute atomic E-state index is 0.0478. The number of carbonyl (C=O) groups is 1. The zero-order valence-corrected chi connectivity index (χ0v) is 19.3. The number of carbonyl (C=O) groups excluding carboxylic acids is 1. The van der Waals surface area contributed by atoms with Crippen molar-refractivity contribution in [3.8, 4) is 5.75 Å². The Balaban J connectivity index is 1.56. The van der Waals surface area contributed by atoms with E-state index in [4.69, 9.17) is 4.74 Å². The van der Waals surface area contributed by atoms with Crippen molar-refractivity contribution < 1.29 is 22.3 Å². The van der Waals surface area contributed by atoms with Gasteiger partial charge in [0.1, 0.15) is 18.2 Å². The molecule has 1 aliphatic heterocycles. The molecule has 1 heterocycles. The molecule has 0 fully saturated rings. The third-order valence-electron chi connectivity index (χ3n) is 5.63. The first-order chi connectivity index (χ1) is 15.8. The summed E-state index contributed by atoms with van der Waals surface area (Å²) in [6, 6.07) is 16.5. The summed E-state index contributed by atoms with van der Waals surface area (Å²) in [6.07, 6.45) is 0. The number of fused-ring (bicyclic) bond motifs is 1. The second kappa shape index (κ2) is 9.33. The molecule has 0 aliphatic carbocycles. The van der Waals surface area contributed by atoms with Crippen molar-refractivity contribution in [1.82, 2.24) is 9.62 Å². The lowest BCUT2D eigenvalue weighted by molar-refractivity contribution is 0.0950. The molecule has 8 heteroatoms. The summed E-state index contributed by atoms with van der Waals surface area (Å²) in [6.45, 7) is 4.15. The molecular formula is C25H25FN2O4S. The molecule has 3 aromatic carbocycles. The van der Waals surface area contributed by atoms with Crippen LogP contribution in [0, 0.1) is 19.7 Å². The first-order valence-electron chi connectivity index (χ1n) is 10.6. The van der Waals surface area contributed by atoms with E-state index >= 15 is 0 Å². The largest absolute Gasteiger partial charge is 0.492 e. The van der Waals surface area contributed by atoms with Crippen LogP contribution in [0.15, 0.2) is 65.6 Å². The Bertz CT molecular complexity index is 1310. The highest BCUT2D eigenvalue weighted by atomic mass is 32.2. The predicted octanol–water partition coefficient (Wildman–Crippen LogP) is 3.96. The minimum atomic E-state index is -3.75. The lowest BCUT2D eigenvalue weighted by Crippen LogP contribution is -2.33. The van der Waals surface area contributed by atoms with Crippen molar-refractivity contribution in [2.24, 2.45) is 0 Å². The number of nitrogens with one attached hydrogen (secondary N) is 1. The van der Waals surface area contributed by atoms with Crippen molar-refractivity contribution in [2.45, 2.75) is 31.8 Å². The van der Waals surface area contributed by atoms with Crippen LogP contribution in [0.5, 0.6) is 5.75 Å². The summed E-state index contributed by atoms with van der Waals surface area (Å²) in [5.41, 5.74) is 2.86. The number of hydrogen-bond acceptors (Lipinski definition) is 4. The SMILES string of the molecule is Cc1ccc(C)c(S(=O)(=O)N2CCOc3ccc(C(=O)NCc4ccccc4F)cc3C2)c1. The number of halogens is 1. The van der Waals surface area contributed by atoms with E-state index in [0.29, 0.717) is 28.0 Å². The molecule has 0 unspecified atom stereocenters. The van der Waals surface area contributed by atoms with Gasteiger partial charge in [-0.25, -0.2) is 12.8 Å². The smallest absolute Gasteiger partial charge is 0.251 e. The van der Waals surface area contributed by atoms with Crippen LogP contribution >= 0.6 is 0 Å². The molecule has 1 amide bonds. The zero-order valence-electron chi connectivity index (χ0n) is 18.5. The molecular weight excluding hydrogens is 443 g/mol. The molecule has 4 rings (SSSR count). The molecule has 0 radical (unpaired) electrons. The molecule has 0 aromatic heterocycles. The second-order valence-corrected chi connectivity index (χ2v) is 9.96. The maximum atomic E-state index is 13.8. The highest BCUT2D eigenvalue weighted by Gasteiger charge is 2.29. The third-order valence-corrected chi connectivity index (χ3v) is 7.61. The highest BCUT2D eigenvalue weighted by molar-refractivity contribution is 7.89. The summed E-state index contributed by atoms with van der Waals surface area (Å²) in [5, 5.41) is 2.71. The number of nitrogens with zero attached hydrogens (tertiary/aromatic N) is 1. The van der Waals surface area contributed by atoms with E-state index in [-0.39, 0.29) is 42.9 Å². The normalized spacial score (nSPS) is 14.2. The lowest BCUT2D eigenvalue weighted by Gasteiger charge is -2.21. The number of aryl methyl sites for hydroxylation is 2. The first kappa shape index (κ1) is 22.9. The Kier molecular flexibility index (Phi) is 6.49. The van der Waals surface area contributed by atoms with Crippen molar-refractivity contribution in [3.05, 3.63) is 94.3 Å². The van der Waals surface area contributed by atoms with Crippen LogP contribution in [-0.2, 0) is 23.1 Å². The number of rotatable bonds is 5. The van der Waals surface area contributed by atoms with Gasteiger partial charge in [0, 0.05) is 36.3 Å². The Morgan fingerprint density at radius 3 is 2.67 bits per heavy atom. The van der Waals surface area contributed by atoms with E-state index < -0.39 is 10.0 Å². The van der Waals surface area contributed by atoms with Gasteiger partial charge in [0.25, 0.3) is 5.91 Å². The average molecular weight is 469 g/mol. The number of sulfonamides is 1. The van der Waals surface area contributed by atoms with Gasteiger partial charge < -0.3 is 10.1 Å². The fraction of sp³-hybridized carbons (Fsp3) is 0.240. The Labute approximate surface area is 193 Å². The molecule has 1 aliphatic rings. The fourth-order valence-corrected chi connectivity index (χ4v) is 5.47. The van der Waals surface area contributed by atoms with Crippen molar-refractivity contribution in [2.75, 3.05) is 13.2 Å². The van der Waals surface area contributed by atoms with Gasteiger partial charge in [-0.3, -0.25) is 4.79 Å². The van der Waals surface area contributed by atoms with Crippen LogP contribution in [0.25, 0.3) is 0 Å². The minimum Gasteiger partial charge on any atom is -0.492 e. The third kappa shape index (κ3) is 4.91. The molecule has 0 saturated heterocycles. The molecule has 0 spiro atoms. The molecule has 0 bridgehead atoms. The number of ether oxygens (including phenoxy) is 1. The van der Waals surface area contributed by atoms with E-state index in [2.05, 4.69) is 5.32 Å². The van der Waals surface area contributed by atoms with Gasteiger partial charge in [-0.15, -0.1) is 0 Å². The van der Waals surface area contributed by atoms with E-state index in [0.717, 1.165) is 5.56 Å². The van der Waals surface area contributed by atoms with Crippen LogP contribution in [0.2, 0.25) is 0 Å². The van der Waals surface area contributed by atoms with Gasteiger partial charge in [-0.2, -0.15) is 4.31 Å². The van der Waals surface area contributed by atoms with Crippen molar-refractivity contribution in [3.63, 3.8) is 0 Å². The monoisotopic (exact) mass is 468 g/mol. The van der Waals surface area contributed by atoms with E-state index in [1.165, 1.54) is 10.4 Å². The summed E-state index contributed by atoms with van der Waals surface area (Å²) >= 11 is 0. The molecule has 6 nitrogen and oxygen atoms in total. The lowest BCUT2D eigenvalue weighted by atomic mass is 10.1. The quantitative estimate of drug-likeness (QED) is 0.615. The number of hydrogen-bond donors (Lipinski definition) is 1. The van der Waals surface area contributed by atoms with Gasteiger partial charge in [-0.1, -0.05) is 30.3 Å². The maximum absolute atomic E-state index is 13.8. The van der Waals surface area contributed by atoms with E-state index in [1.807, 2.05) is 13.0 Å². The predicted molar refractivity (Wildman–Crippen MR) is 123 cm³/mol. The van der Waals surface area contributed by atoms with E-state index in [9.17, 15) is 17.6 Å². The first-order valence-corrected chi connectivity index (χ1v) is 12.0. The van der Waals surface area contributed by atoms with Gasteiger partial charge >= 0.3 is 0 Å². The van der Waals surface area contributed by atoms with Gasteiger partial charge in [0.2, 0.25) is 10.0 Å². The van der Waals surface area contributed by atoms with Crippen molar-refractivity contribution >= 4 is 15.9 Å². The van der Waals surface area contributed by atoms with Crippen LogP contribution in [-0.4, -0.2) is 31.8 Å². The standard InChI is InChI=1S/C25H25FN2O4S/c1-17-7-8-18(2)24(13-17)33(30,31)28-11-12-32-23-10-9-19(14-21(23)16-28)25(29)27-15-20-5-3-4-6-22(20)26/h3-10,13-14H,11-12,15-16H2,1-2H3,(H,27,29). The van der Waals surface area contributed by atoms with Crippen molar-refractivity contribution in [1.29, 1.82) is 0 Å². The van der Waals surface area contributed by atoms with Crippen LogP contribution in [0.4, 0.5) is 4.39 Å². The molecule has 172 valence electrons. The molecule has 0 atom stereocenters. The molecule has 1 N–H and O–H groups in total. The average Bonchev–Trinajstić information content (AvgIpc) is 3.02. The number of benzene rings is 3. The second-order valence-electron chi connectivity index (χ2n) is 8.05. The van der Waals surface area contributed by atoms with Gasteiger partial charge in [-0.05, 0) is 55.3 Å². The Morgan fingerprint density at radius 1 is 1.09 bits per heavy atom. The van der Waals surface area contributed by atoms with Gasteiger partial charge in [0.05, 0.1) is 4.90 Å². The zero-order chi connectivity index (χ0) is 23.6. The summed E-state index contributed by atoms with van der Waals surface area (Å²) in [7, 11) is -3.75. The molecule has 33 heavy (non-hydrogen) atoms. The van der Waals surface area contributed by atoms with Crippen LogP contribution in [0.1, 0.15) is 32.6 Å². The summed E-state index contributed by atoms with van der Waals surface area (Å²) in [4.78, 5) is 12.9. The summed E-state index contributed by atoms with van der Waals surface area (Å²) < 4.78 is 47.7. The number of amides is 1. The highest BCUT2D eigenvalue weighted by Crippen LogP contribution is 2.29. The Morgan fingerprint density at radius 2 is 1.88 bits per heavy atom. The Hall–Kier alpha value is -3.23. The maximum Gasteiger partial charge on any atom is 0.251 e. The summed E-state index contributed by atoms with van der Waals surface area (Å²) in [5.74, 6) is -0.228. The fourth-order valence-electron chi connectivity index (χ4n) is 3.76. The van der Waals surface area contributed by atoms with Crippen LogP contribution < -0.4 is 10.1 Å². The van der Waals surface area contributed by atoms with Crippen LogP contribution in [0.3, 0.4) is 0 Å². The molecule has 3 aromatic rings. The van der Waals surface area contributed by atoms with Gasteiger partial charge in [0.15, 0.2) is 0 Å².